The summed E-state index contributed by atoms with van der Waals surface area (Å²) in [6, 6.07) is 5.75. The van der Waals surface area contributed by atoms with Crippen molar-refractivity contribution in [1.29, 1.82) is 0 Å². The third-order valence-electron chi connectivity index (χ3n) is 2.79. The summed E-state index contributed by atoms with van der Waals surface area (Å²) in [5.74, 6) is 0.349. The summed E-state index contributed by atoms with van der Waals surface area (Å²) in [6.45, 7) is 5.48. The van der Waals surface area contributed by atoms with Crippen LogP contribution in [-0.4, -0.2) is 35.8 Å². The Labute approximate surface area is 104 Å². The Kier molecular flexibility index (Phi) is 3.84. The fraction of sp³-hybridized carbons (Fsp3) is 0.500. The lowest BCUT2D eigenvalue weighted by Crippen LogP contribution is -2.40. The Bertz CT molecular complexity index is 370. The Morgan fingerprint density at radius 2 is 2.38 bits per heavy atom. The molecule has 0 bridgehead atoms. The second kappa shape index (κ2) is 5.17. The molecule has 1 saturated heterocycles. The smallest absolute Gasteiger partial charge is 0.134 e. The number of phenolic OH excluding ortho intramolecular Hbond substituents is 1. The molecule has 16 heavy (non-hydrogen) atoms. The lowest BCUT2D eigenvalue weighted by Gasteiger charge is -2.31. The van der Waals surface area contributed by atoms with E-state index in [4.69, 9.17) is 4.74 Å². The molecule has 1 fully saturated rings. The normalized spacial score (nSPS) is 22.2. The zero-order chi connectivity index (χ0) is 11.5. The van der Waals surface area contributed by atoms with Crippen LogP contribution in [0.3, 0.4) is 0 Å². The molecule has 1 aromatic carbocycles. The van der Waals surface area contributed by atoms with Gasteiger partial charge in [0.05, 0.1) is 17.2 Å². The largest absolute Gasteiger partial charge is 0.506 e. The molecule has 1 unspecified atom stereocenters. The number of ether oxygens (including phenoxy) is 1. The van der Waals surface area contributed by atoms with Crippen LogP contribution in [0.25, 0.3) is 0 Å². The lowest BCUT2D eigenvalue weighted by atomic mass is 10.1. The van der Waals surface area contributed by atoms with Crippen LogP contribution >= 0.6 is 15.9 Å². The van der Waals surface area contributed by atoms with Crippen LogP contribution in [0.4, 0.5) is 0 Å². The highest BCUT2D eigenvalue weighted by atomic mass is 79.9. The van der Waals surface area contributed by atoms with Gasteiger partial charge in [-0.3, -0.25) is 4.90 Å². The molecule has 1 heterocycles. The van der Waals surface area contributed by atoms with Crippen molar-refractivity contribution in [1.82, 2.24) is 4.90 Å². The van der Waals surface area contributed by atoms with Crippen molar-refractivity contribution in [2.24, 2.45) is 0 Å². The van der Waals surface area contributed by atoms with Crippen LogP contribution in [0.1, 0.15) is 12.5 Å². The van der Waals surface area contributed by atoms with E-state index < -0.39 is 0 Å². The van der Waals surface area contributed by atoms with Crippen molar-refractivity contribution in [3.63, 3.8) is 0 Å². The Morgan fingerprint density at radius 3 is 3.12 bits per heavy atom. The van der Waals surface area contributed by atoms with Gasteiger partial charge in [0.2, 0.25) is 0 Å². The van der Waals surface area contributed by atoms with Gasteiger partial charge in [0, 0.05) is 25.2 Å². The van der Waals surface area contributed by atoms with Crippen molar-refractivity contribution in [3.05, 3.63) is 28.2 Å². The van der Waals surface area contributed by atoms with Crippen LogP contribution in [-0.2, 0) is 11.3 Å². The van der Waals surface area contributed by atoms with E-state index in [9.17, 15) is 5.11 Å². The topological polar surface area (TPSA) is 32.7 Å². The first-order valence-corrected chi connectivity index (χ1v) is 6.26. The number of halogens is 1. The molecule has 88 valence electrons. The Morgan fingerprint density at radius 1 is 1.56 bits per heavy atom. The molecule has 1 aliphatic heterocycles. The summed E-state index contributed by atoms with van der Waals surface area (Å²) in [6.07, 6.45) is 0.281. The Hall–Kier alpha value is -0.580. The molecule has 1 atom stereocenters. The maximum atomic E-state index is 9.89. The molecule has 0 saturated carbocycles. The van der Waals surface area contributed by atoms with Crippen LogP contribution in [0.2, 0.25) is 0 Å². The summed E-state index contributed by atoms with van der Waals surface area (Å²) < 4.78 is 6.24. The van der Waals surface area contributed by atoms with Crippen LogP contribution in [0, 0.1) is 0 Å². The highest BCUT2D eigenvalue weighted by molar-refractivity contribution is 9.10. The zero-order valence-corrected chi connectivity index (χ0v) is 10.9. The molecule has 0 amide bonds. The van der Waals surface area contributed by atoms with Crippen molar-refractivity contribution < 1.29 is 9.84 Å². The van der Waals surface area contributed by atoms with Gasteiger partial charge >= 0.3 is 0 Å². The van der Waals surface area contributed by atoms with Crippen molar-refractivity contribution in [3.8, 4) is 5.75 Å². The van der Waals surface area contributed by atoms with E-state index in [0.29, 0.717) is 5.75 Å². The molecule has 1 N–H and O–H groups in total. The number of para-hydroxylation sites is 1. The van der Waals surface area contributed by atoms with Crippen molar-refractivity contribution in [2.45, 2.75) is 19.6 Å². The quantitative estimate of drug-likeness (QED) is 0.906. The highest BCUT2D eigenvalue weighted by Crippen LogP contribution is 2.28. The standard InChI is InChI=1S/C12H16BrNO2/c1-9-7-14(5-6-16-9)8-10-3-2-4-11(13)12(10)15/h2-4,9,15H,5-8H2,1H3. The molecule has 0 aliphatic carbocycles. The number of phenols is 1. The number of hydrogen-bond acceptors (Lipinski definition) is 3. The number of morpholine rings is 1. The Balaban J connectivity index is 2.05. The van der Waals surface area contributed by atoms with Gasteiger partial charge in [0.1, 0.15) is 5.75 Å². The van der Waals surface area contributed by atoms with Gasteiger partial charge in [0.25, 0.3) is 0 Å². The summed E-state index contributed by atoms with van der Waals surface area (Å²) >= 11 is 3.33. The number of rotatable bonds is 2. The van der Waals surface area contributed by atoms with Gasteiger partial charge in [-0.05, 0) is 28.9 Å². The molecular formula is C12H16BrNO2. The van der Waals surface area contributed by atoms with E-state index in [0.717, 1.165) is 36.3 Å². The van der Waals surface area contributed by atoms with Gasteiger partial charge < -0.3 is 9.84 Å². The minimum atomic E-state index is 0.281. The molecular weight excluding hydrogens is 270 g/mol. The molecule has 0 radical (unpaired) electrons. The second-order valence-electron chi connectivity index (χ2n) is 4.16. The van der Waals surface area contributed by atoms with E-state index in [2.05, 4.69) is 27.8 Å². The first-order valence-electron chi connectivity index (χ1n) is 5.47. The number of benzene rings is 1. The molecule has 1 aromatic rings. The number of hydrogen-bond donors (Lipinski definition) is 1. The van der Waals surface area contributed by atoms with E-state index >= 15 is 0 Å². The van der Waals surface area contributed by atoms with Gasteiger partial charge in [-0.15, -0.1) is 0 Å². The van der Waals surface area contributed by atoms with E-state index in [1.807, 2.05) is 18.2 Å². The van der Waals surface area contributed by atoms with Gasteiger partial charge in [-0.1, -0.05) is 12.1 Å². The van der Waals surface area contributed by atoms with Crippen LogP contribution in [0.5, 0.6) is 5.75 Å². The zero-order valence-electron chi connectivity index (χ0n) is 9.32. The maximum absolute atomic E-state index is 9.89. The monoisotopic (exact) mass is 285 g/mol. The summed E-state index contributed by atoms with van der Waals surface area (Å²) in [5, 5.41) is 9.89. The van der Waals surface area contributed by atoms with Gasteiger partial charge in [-0.2, -0.15) is 0 Å². The van der Waals surface area contributed by atoms with Crippen LogP contribution in [0.15, 0.2) is 22.7 Å². The number of aromatic hydroxyl groups is 1. The van der Waals surface area contributed by atoms with E-state index in [1.165, 1.54) is 0 Å². The predicted molar refractivity (Wildman–Crippen MR) is 66.5 cm³/mol. The molecule has 3 nitrogen and oxygen atoms in total. The highest BCUT2D eigenvalue weighted by Gasteiger charge is 2.18. The molecule has 4 heteroatoms. The van der Waals surface area contributed by atoms with Crippen LogP contribution < -0.4 is 0 Å². The fourth-order valence-corrected chi connectivity index (χ4v) is 2.37. The average Bonchev–Trinajstić information content (AvgIpc) is 2.25. The summed E-state index contributed by atoms with van der Waals surface area (Å²) in [4.78, 5) is 2.30. The van der Waals surface area contributed by atoms with Crippen molar-refractivity contribution in [2.75, 3.05) is 19.7 Å². The third kappa shape index (κ3) is 2.75. The van der Waals surface area contributed by atoms with Gasteiger partial charge in [0.15, 0.2) is 0 Å². The minimum Gasteiger partial charge on any atom is -0.506 e. The predicted octanol–water partition coefficient (Wildman–Crippen LogP) is 2.38. The molecule has 0 spiro atoms. The summed E-state index contributed by atoms with van der Waals surface area (Å²) in [7, 11) is 0. The minimum absolute atomic E-state index is 0.281. The molecule has 1 aliphatic rings. The second-order valence-corrected chi connectivity index (χ2v) is 5.02. The fourth-order valence-electron chi connectivity index (χ4n) is 1.96. The summed E-state index contributed by atoms with van der Waals surface area (Å²) in [5.41, 5.74) is 0.962. The number of nitrogens with zero attached hydrogens (tertiary/aromatic N) is 1. The lowest BCUT2D eigenvalue weighted by molar-refractivity contribution is -0.0214. The first-order chi connectivity index (χ1) is 7.66. The van der Waals surface area contributed by atoms with E-state index in [-0.39, 0.29) is 6.10 Å². The SMILES string of the molecule is CC1CN(Cc2cccc(Br)c2O)CCO1. The van der Waals surface area contributed by atoms with E-state index in [1.54, 1.807) is 0 Å². The molecule has 2 rings (SSSR count). The maximum Gasteiger partial charge on any atom is 0.134 e. The van der Waals surface area contributed by atoms with Gasteiger partial charge in [-0.25, -0.2) is 0 Å². The first kappa shape index (κ1) is 11.9. The average molecular weight is 286 g/mol. The third-order valence-corrected chi connectivity index (χ3v) is 3.43. The van der Waals surface area contributed by atoms with Crippen molar-refractivity contribution >= 4 is 15.9 Å². The molecule has 0 aromatic heterocycles.